The van der Waals surface area contributed by atoms with Crippen LogP contribution in [0.3, 0.4) is 0 Å². The second kappa shape index (κ2) is 7.07. The third-order valence-electron chi connectivity index (χ3n) is 4.49. The molecule has 0 aliphatic heterocycles. The number of carbonyl (C=O) groups excluding carboxylic acids is 2. The number of rotatable bonds is 5. The van der Waals surface area contributed by atoms with E-state index in [2.05, 4.69) is 20.4 Å². The Hall–Kier alpha value is -3.81. The van der Waals surface area contributed by atoms with Crippen molar-refractivity contribution in [2.45, 2.75) is 6.42 Å². The number of aromatic nitrogens is 5. The molecule has 0 fully saturated rings. The molecule has 0 aliphatic carbocycles. The van der Waals surface area contributed by atoms with E-state index >= 15 is 0 Å². The van der Waals surface area contributed by atoms with Crippen LogP contribution < -0.4 is 5.32 Å². The molecule has 4 aromatic rings. The Labute approximate surface area is 160 Å². The number of ketones is 1. The molecular weight excluding hydrogens is 356 g/mol. The molecule has 8 nitrogen and oxygen atoms in total. The molecule has 3 aromatic heterocycles. The maximum Gasteiger partial charge on any atom is 0.254 e. The number of imidazole rings is 1. The van der Waals surface area contributed by atoms with Crippen molar-refractivity contribution in [3.63, 3.8) is 0 Å². The Balaban J connectivity index is 1.63. The van der Waals surface area contributed by atoms with E-state index in [-0.39, 0.29) is 29.4 Å². The summed E-state index contributed by atoms with van der Waals surface area (Å²) < 4.78 is 3.23. The summed E-state index contributed by atoms with van der Waals surface area (Å²) in [7, 11) is 3.15. The first-order valence-electron chi connectivity index (χ1n) is 8.73. The fourth-order valence-corrected chi connectivity index (χ4v) is 3.09. The van der Waals surface area contributed by atoms with Crippen LogP contribution in [-0.4, -0.2) is 42.9 Å². The van der Waals surface area contributed by atoms with Gasteiger partial charge in [-0.3, -0.25) is 18.7 Å². The molecule has 0 bridgehead atoms. The van der Waals surface area contributed by atoms with Crippen LogP contribution >= 0.6 is 0 Å². The third-order valence-corrected chi connectivity index (χ3v) is 4.49. The number of aryl methyl sites for hydroxylation is 1. The van der Waals surface area contributed by atoms with Gasteiger partial charge in [-0.1, -0.05) is 30.3 Å². The van der Waals surface area contributed by atoms with Crippen LogP contribution in [0, 0.1) is 0 Å². The molecule has 1 amide bonds. The zero-order chi connectivity index (χ0) is 19.7. The van der Waals surface area contributed by atoms with Gasteiger partial charge in [0, 0.05) is 31.9 Å². The molecule has 0 saturated carbocycles. The van der Waals surface area contributed by atoms with E-state index < -0.39 is 0 Å². The van der Waals surface area contributed by atoms with Crippen molar-refractivity contribution in [3.8, 4) is 11.3 Å². The zero-order valence-corrected chi connectivity index (χ0v) is 15.5. The summed E-state index contributed by atoms with van der Waals surface area (Å²) in [6.45, 7) is 0. The molecule has 140 valence electrons. The lowest BCUT2D eigenvalue weighted by Gasteiger charge is -2.05. The van der Waals surface area contributed by atoms with E-state index in [1.54, 1.807) is 19.4 Å². The molecule has 0 atom stereocenters. The maximum atomic E-state index is 12.8. The molecule has 0 saturated heterocycles. The van der Waals surface area contributed by atoms with Crippen LogP contribution in [0.2, 0.25) is 0 Å². The molecule has 4 rings (SSSR count). The van der Waals surface area contributed by atoms with E-state index in [1.807, 2.05) is 40.9 Å². The Kier molecular flexibility index (Phi) is 4.44. The van der Waals surface area contributed by atoms with Crippen molar-refractivity contribution in [2.24, 2.45) is 7.05 Å². The number of benzene rings is 1. The summed E-state index contributed by atoms with van der Waals surface area (Å²) in [4.78, 5) is 33.7. The molecular formula is C20H18N6O2. The van der Waals surface area contributed by atoms with E-state index in [1.165, 1.54) is 17.9 Å². The van der Waals surface area contributed by atoms with Crippen molar-refractivity contribution in [1.29, 1.82) is 0 Å². The summed E-state index contributed by atoms with van der Waals surface area (Å²) in [6, 6.07) is 11.6. The number of fused-ring (bicyclic) bond motifs is 1. The SMILES string of the molecule is CNC(=O)c1cnn(C)c1C(=O)Cc1cc2nc(-c3ccccc3)cn2cn1. The fraction of sp³-hybridized carbons (Fsp3) is 0.150. The first-order valence-corrected chi connectivity index (χ1v) is 8.73. The Morgan fingerprint density at radius 1 is 1.18 bits per heavy atom. The average Bonchev–Trinajstić information content (AvgIpc) is 3.31. The van der Waals surface area contributed by atoms with Crippen LogP contribution in [0.5, 0.6) is 0 Å². The first kappa shape index (κ1) is 17.6. The van der Waals surface area contributed by atoms with E-state index in [9.17, 15) is 9.59 Å². The number of nitrogens with zero attached hydrogens (tertiary/aromatic N) is 5. The number of hydrogen-bond acceptors (Lipinski definition) is 5. The third kappa shape index (κ3) is 3.16. The van der Waals surface area contributed by atoms with Gasteiger partial charge < -0.3 is 5.32 Å². The van der Waals surface area contributed by atoms with Crippen LogP contribution in [0.15, 0.2) is 55.1 Å². The molecule has 3 heterocycles. The van der Waals surface area contributed by atoms with Gasteiger partial charge in [0.05, 0.1) is 29.6 Å². The van der Waals surface area contributed by atoms with Crippen molar-refractivity contribution >= 4 is 17.3 Å². The fourth-order valence-electron chi connectivity index (χ4n) is 3.09. The van der Waals surface area contributed by atoms with Crippen LogP contribution in [0.25, 0.3) is 16.9 Å². The second-order valence-electron chi connectivity index (χ2n) is 6.35. The van der Waals surface area contributed by atoms with E-state index in [4.69, 9.17) is 0 Å². The number of hydrogen-bond donors (Lipinski definition) is 1. The average molecular weight is 374 g/mol. The lowest BCUT2D eigenvalue weighted by molar-refractivity contribution is 0.0937. The van der Waals surface area contributed by atoms with Crippen molar-refractivity contribution in [2.75, 3.05) is 7.05 Å². The first-order chi connectivity index (χ1) is 13.6. The number of Topliss-reactive ketones (excluding diaryl/α,β-unsaturated/α-hetero) is 1. The van der Waals surface area contributed by atoms with Gasteiger partial charge in [0.15, 0.2) is 5.78 Å². The van der Waals surface area contributed by atoms with Gasteiger partial charge >= 0.3 is 0 Å². The van der Waals surface area contributed by atoms with E-state index in [0.717, 1.165) is 11.3 Å². The van der Waals surface area contributed by atoms with Gasteiger partial charge in [-0.05, 0) is 0 Å². The quantitative estimate of drug-likeness (QED) is 0.539. The topological polar surface area (TPSA) is 94.2 Å². The summed E-state index contributed by atoms with van der Waals surface area (Å²) in [5, 5.41) is 6.56. The lowest BCUT2D eigenvalue weighted by atomic mass is 10.1. The van der Waals surface area contributed by atoms with Crippen molar-refractivity contribution in [1.82, 2.24) is 29.5 Å². The summed E-state index contributed by atoms with van der Waals surface area (Å²) in [5.74, 6) is -0.578. The highest BCUT2D eigenvalue weighted by Crippen LogP contribution is 2.19. The Bertz CT molecular complexity index is 1180. The molecule has 0 unspecified atom stereocenters. The standard InChI is InChI=1S/C20H18N6O2/c1-21-20(28)15-10-23-25(2)19(15)17(27)8-14-9-18-24-16(11-26(18)12-22-14)13-6-4-3-5-7-13/h3-7,9-12H,8H2,1-2H3,(H,21,28). The zero-order valence-electron chi connectivity index (χ0n) is 15.5. The molecule has 28 heavy (non-hydrogen) atoms. The Morgan fingerprint density at radius 2 is 1.96 bits per heavy atom. The van der Waals surface area contributed by atoms with Gasteiger partial charge in [-0.15, -0.1) is 0 Å². The van der Waals surface area contributed by atoms with Gasteiger partial charge in [0.1, 0.15) is 17.7 Å². The van der Waals surface area contributed by atoms with Crippen molar-refractivity contribution in [3.05, 3.63) is 72.1 Å². The summed E-state index contributed by atoms with van der Waals surface area (Å²) in [5.41, 5.74) is 3.63. The molecule has 0 radical (unpaired) electrons. The van der Waals surface area contributed by atoms with Gasteiger partial charge in [0.2, 0.25) is 0 Å². The number of carbonyl (C=O) groups is 2. The molecule has 1 aromatic carbocycles. The lowest BCUT2D eigenvalue weighted by Crippen LogP contribution is -2.22. The highest BCUT2D eigenvalue weighted by molar-refractivity contribution is 6.07. The monoisotopic (exact) mass is 374 g/mol. The van der Waals surface area contributed by atoms with Crippen molar-refractivity contribution < 1.29 is 9.59 Å². The number of amides is 1. The number of nitrogens with one attached hydrogen (secondary N) is 1. The minimum atomic E-state index is -0.347. The predicted octanol–water partition coefficient (Wildman–Crippen LogP) is 1.91. The predicted molar refractivity (Wildman–Crippen MR) is 103 cm³/mol. The Morgan fingerprint density at radius 3 is 2.71 bits per heavy atom. The molecule has 1 N–H and O–H groups in total. The minimum absolute atomic E-state index is 0.0492. The maximum absolute atomic E-state index is 12.8. The molecule has 0 aliphatic rings. The normalized spacial score (nSPS) is 10.9. The largest absolute Gasteiger partial charge is 0.355 e. The van der Waals surface area contributed by atoms with Gasteiger partial charge in [0.25, 0.3) is 5.91 Å². The minimum Gasteiger partial charge on any atom is -0.355 e. The summed E-state index contributed by atoms with van der Waals surface area (Å²) >= 11 is 0. The van der Waals surface area contributed by atoms with Gasteiger partial charge in [-0.25, -0.2) is 9.97 Å². The van der Waals surface area contributed by atoms with Gasteiger partial charge in [-0.2, -0.15) is 5.10 Å². The smallest absolute Gasteiger partial charge is 0.254 e. The molecule has 0 spiro atoms. The molecule has 8 heteroatoms. The summed E-state index contributed by atoms with van der Waals surface area (Å²) in [6.07, 6.45) is 4.98. The second-order valence-corrected chi connectivity index (χ2v) is 6.35. The van der Waals surface area contributed by atoms with Crippen LogP contribution in [-0.2, 0) is 13.5 Å². The van der Waals surface area contributed by atoms with Crippen LogP contribution in [0.4, 0.5) is 0 Å². The van der Waals surface area contributed by atoms with Crippen LogP contribution in [0.1, 0.15) is 26.5 Å². The van der Waals surface area contributed by atoms with E-state index in [0.29, 0.717) is 11.3 Å². The highest BCUT2D eigenvalue weighted by atomic mass is 16.2. The highest BCUT2D eigenvalue weighted by Gasteiger charge is 2.22.